The molecule has 0 fully saturated rings. The smallest absolute Gasteiger partial charge is 0.125 e. The minimum atomic E-state index is 0. The molecule has 25 heavy (non-hydrogen) atoms. The number of nitrogens with two attached hydrogens (primary N) is 1. The minimum absolute atomic E-state index is 0. The van der Waals surface area contributed by atoms with Gasteiger partial charge in [-0.3, -0.25) is 0 Å². The largest absolute Gasteiger partial charge is 0.493 e. The molecule has 144 valence electrons. The van der Waals surface area contributed by atoms with E-state index >= 15 is 0 Å². The van der Waals surface area contributed by atoms with Crippen molar-refractivity contribution in [1.82, 2.24) is 0 Å². The maximum atomic E-state index is 6.05. The highest BCUT2D eigenvalue weighted by Gasteiger charge is 2.11. The van der Waals surface area contributed by atoms with E-state index in [0.29, 0.717) is 19.8 Å². The number of hydrogen-bond donors (Lipinski definition) is 1. The van der Waals surface area contributed by atoms with Gasteiger partial charge in [0, 0.05) is 0 Å². The molecule has 4 nitrogen and oxygen atoms in total. The lowest BCUT2D eigenvalue weighted by Crippen LogP contribution is -2.06. The monoisotopic (exact) mass is 411 g/mol. The fraction of sp³-hybridized carbons (Fsp3) is 0.556. The van der Waals surface area contributed by atoms with E-state index in [4.69, 9.17) is 38.6 Å². The Morgan fingerprint density at radius 2 is 1.60 bits per heavy atom. The van der Waals surface area contributed by atoms with E-state index in [-0.39, 0.29) is 16.9 Å². The Balaban J connectivity index is 0.00000576. The maximum absolute atomic E-state index is 6.05. The topological polar surface area (TPSA) is 53.7 Å². The van der Waals surface area contributed by atoms with Gasteiger partial charge in [-0.1, -0.05) is 37.0 Å². The lowest BCUT2D eigenvalue weighted by atomic mass is 10.0. The van der Waals surface area contributed by atoms with Crippen molar-refractivity contribution >= 4 is 35.6 Å². The Labute approximate surface area is 167 Å². The third-order valence-corrected chi connectivity index (χ3v) is 3.93. The molecular formula is C18H28Cl3NO3. The molecular weight excluding hydrogens is 385 g/mol. The molecule has 0 atom stereocenters. The summed E-state index contributed by atoms with van der Waals surface area (Å²) in [5.74, 6) is 6.80. The Hall–Kier alpha value is -0.650. The zero-order valence-electron chi connectivity index (χ0n) is 14.9. The quantitative estimate of drug-likeness (QED) is 0.370. The van der Waals surface area contributed by atoms with Gasteiger partial charge in [0.2, 0.25) is 0 Å². The van der Waals surface area contributed by atoms with Crippen molar-refractivity contribution in [2.24, 2.45) is 5.90 Å². The van der Waals surface area contributed by atoms with Gasteiger partial charge in [0.25, 0.3) is 0 Å². The van der Waals surface area contributed by atoms with Gasteiger partial charge < -0.3 is 14.3 Å². The summed E-state index contributed by atoms with van der Waals surface area (Å²) < 4.78 is 12.0. The van der Waals surface area contributed by atoms with Crippen LogP contribution in [0.1, 0.15) is 44.2 Å². The van der Waals surface area contributed by atoms with Gasteiger partial charge in [-0.25, -0.2) is 5.90 Å². The molecule has 0 spiro atoms. The molecule has 1 aromatic carbocycles. The van der Waals surface area contributed by atoms with E-state index in [9.17, 15) is 0 Å². The van der Waals surface area contributed by atoms with Crippen molar-refractivity contribution < 1.29 is 14.3 Å². The van der Waals surface area contributed by atoms with E-state index in [0.717, 1.165) is 54.7 Å². The molecule has 2 N–H and O–H groups in total. The summed E-state index contributed by atoms with van der Waals surface area (Å²) >= 11 is 11.2. The van der Waals surface area contributed by atoms with Crippen LogP contribution in [0, 0.1) is 0 Å². The molecule has 0 unspecified atom stereocenters. The highest BCUT2D eigenvalue weighted by molar-refractivity contribution is 6.55. The standard InChI is InChI=1S/C18H27Cl2NO3.ClH/c1-3-14-12-16(22-11-8-17(19)20)13-15(4-2)18(14)23-9-6-5-7-10-24-21;/h8,12-13H,3-7,9-11,21H2,1-2H3;1H. The molecule has 0 saturated heterocycles. The normalized spacial score (nSPS) is 10.1. The van der Waals surface area contributed by atoms with Crippen molar-refractivity contribution in [3.8, 4) is 11.5 Å². The van der Waals surface area contributed by atoms with Crippen LogP contribution < -0.4 is 15.4 Å². The van der Waals surface area contributed by atoms with E-state index in [2.05, 4.69) is 18.7 Å². The summed E-state index contributed by atoms with van der Waals surface area (Å²) in [5, 5.41) is 0. The second kappa shape index (κ2) is 14.5. The first-order valence-corrected chi connectivity index (χ1v) is 9.12. The van der Waals surface area contributed by atoms with E-state index in [1.807, 2.05) is 12.1 Å². The van der Waals surface area contributed by atoms with Gasteiger partial charge in [-0.2, -0.15) is 0 Å². The van der Waals surface area contributed by atoms with Crippen molar-refractivity contribution in [3.63, 3.8) is 0 Å². The second-order valence-corrected chi connectivity index (χ2v) is 6.37. The van der Waals surface area contributed by atoms with Gasteiger partial charge >= 0.3 is 0 Å². The summed E-state index contributed by atoms with van der Waals surface area (Å²) in [7, 11) is 0. The Bertz CT molecular complexity index is 495. The Morgan fingerprint density at radius 1 is 1.00 bits per heavy atom. The number of halogens is 3. The predicted molar refractivity (Wildman–Crippen MR) is 107 cm³/mol. The molecule has 0 radical (unpaired) electrons. The molecule has 7 heteroatoms. The van der Waals surface area contributed by atoms with Gasteiger partial charge in [0.15, 0.2) is 0 Å². The Kier molecular flexibility index (Phi) is 14.1. The average Bonchev–Trinajstić information content (AvgIpc) is 2.57. The number of hydrogen-bond acceptors (Lipinski definition) is 4. The number of rotatable bonds is 12. The summed E-state index contributed by atoms with van der Waals surface area (Å²) in [6.07, 6.45) is 6.35. The molecule has 0 aromatic heterocycles. The lowest BCUT2D eigenvalue weighted by Gasteiger charge is -2.17. The number of ether oxygens (including phenoxy) is 2. The summed E-state index contributed by atoms with van der Waals surface area (Å²) in [6.45, 7) is 5.85. The maximum Gasteiger partial charge on any atom is 0.125 e. The molecule has 0 amide bonds. The average molecular weight is 413 g/mol. The SMILES string of the molecule is CCc1cc(OCC=C(Cl)Cl)cc(CC)c1OCCCCCON.Cl. The van der Waals surface area contributed by atoms with Crippen LogP contribution in [0.4, 0.5) is 0 Å². The van der Waals surface area contributed by atoms with Crippen LogP contribution in [-0.4, -0.2) is 19.8 Å². The second-order valence-electron chi connectivity index (χ2n) is 5.36. The molecule has 1 rings (SSSR count). The first kappa shape index (κ1) is 24.4. The van der Waals surface area contributed by atoms with Crippen LogP contribution in [0.15, 0.2) is 22.7 Å². The molecule has 0 saturated carbocycles. The zero-order valence-corrected chi connectivity index (χ0v) is 17.2. The minimum Gasteiger partial charge on any atom is -0.493 e. The van der Waals surface area contributed by atoms with Crippen LogP contribution in [0.2, 0.25) is 0 Å². The van der Waals surface area contributed by atoms with Crippen LogP contribution in [0.5, 0.6) is 11.5 Å². The molecule has 1 aromatic rings. The third kappa shape index (κ3) is 9.57. The van der Waals surface area contributed by atoms with Crippen molar-refractivity contribution in [2.75, 3.05) is 19.8 Å². The Morgan fingerprint density at radius 3 is 2.12 bits per heavy atom. The van der Waals surface area contributed by atoms with Crippen molar-refractivity contribution in [1.29, 1.82) is 0 Å². The highest BCUT2D eigenvalue weighted by atomic mass is 35.5. The highest BCUT2D eigenvalue weighted by Crippen LogP contribution is 2.31. The van der Waals surface area contributed by atoms with Crippen molar-refractivity contribution in [2.45, 2.75) is 46.0 Å². The fourth-order valence-electron chi connectivity index (χ4n) is 2.36. The zero-order chi connectivity index (χ0) is 17.8. The third-order valence-electron chi connectivity index (χ3n) is 3.62. The number of benzene rings is 1. The van der Waals surface area contributed by atoms with Gasteiger partial charge in [-0.15, -0.1) is 12.4 Å². The van der Waals surface area contributed by atoms with Gasteiger partial charge in [0.1, 0.15) is 22.6 Å². The number of unbranched alkanes of at least 4 members (excludes halogenated alkanes) is 2. The summed E-state index contributed by atoms with van der Waals surface area (Å²) in [5.41, 5.74) is 2.30. The van der Waals surface area contributed by atoms with E-state index < -0.39 is 0 Å². The van der Waals surface area contributed by atoms with Crippen LogP contribution in [0.25, 0.3) is 0 Å². The van der Waals surface area contributed by atoms with E-state index in [1.165, 1.54) is 0 Å². The molecule has 0 aliphatic heterocycles. The fourth-order valence-corrected chi connectivity index (χ4v) is 2.48. The first-order valence-electron chi connectivity index (χ1n) is 8.36. The molecule has 0 heterocycles. The van der Waals surface area contributed by atoms with Crippen LogP contribution >= 0.6 is 35.6 Å². The van der Waals surface area contributed by atoms with Crippen molar-refractivity contribution in [3.05, 3.63) is 33.8 Å². The van der Waals surface area contributed by atoms with Gasteiger partial charge in [0.05, 0.1) is 13.2 Å². The molecule has 0 aliphatic rings. The van der Waals surface area contributed by atoms with Crippen LogP contribution in [0.3, 0.4) is 0 Å². The van der Waals surface area contributed by atoms with Crippen LogP contribution in [-0.2, 0) is 17.7 Å². The first-order chi connectivity index (χ1) is 11.6. The lowest BCUT2D eigenvalue weighted by molar-refractivity contribution is 0.132. The predicted octanol–water partition coefficient (Wildman–Crippen LogP) is 5.37. The summed E-state index contributed by atoms with van der Waals surface area (Å²) in [4.78, 5) is 4.56. The number of aryl methyl sites for hydroxylation is 2. The molecule has 0 bridgehead atoms. The van der Waals surface area contributed by atoms with Gasteiger partial charge in [-0.05, 0) is 61.4 Å². The summed E-state index contributed by atoms with van der Waals surface area (Å²) in [6, 6.07) is 4.04. The molecule has 0 aliphatic carbocycles. The van der Waals surface area contributed by atoms with E-state index in [1.54, 1.807) is 6.08 Å².